The second kappa shape index (κ2) is 5.28. The zero-order chi connectivity index (χ0) is 14.1. The maximum atomic E-state index is 9.37. The van der Waals surface area contributed by atoms with E-state index in [2.05, 4.69) is 11.0 Å². The van der Waals surface area contributed by atoms with E-state index in [-0.39, 0.29) is 0 Å². The van der Waals surface area contributed by atoms with Gasteiger partial charge in [-0.3, -0.25) is 0 Å². The molecule has 4 nitrogen and oxygen atoms in total. The Hall–Kier alpha value is -1.83. The van der Waals surface area contributed by atoms with Crippen LogP contribution in [-0.2, 0) is 4.74 Å². The average molecular weight is 288 g/mol. The normalized spacial score (nSPS) is 15.3. The van der Waals surface area contributed by atoms with E-state index in [0.29, 0.717) is 23.8 Å². The number of rotatable bonds is 1. The number of halogens is 1. The lowest BCUT2D eigenvalue weighted by molar-refractivity contribution is 0.122. The summed E-state index contributed by atoms with van der Waals surface area (Å²) in [7, 11) is 0. The van der Waals surface area contributed by atoms with Crippen molar-refractivity contribution >= 4 is 28.3 Å². The van der Waals surface area contributed by atoms with Crippen LogP contribution < -0.4 is 4.90 Å². The second-order valence-corrected chi connectivity index (χ2v) is 5.30. The summed E-state index contributed by atoms with van der Waals surface area (Å²) in [4.78, 5) is 6.81. The van der Waals surface area contributed by atoms with Crippen molar-refractivity contribution in [3.8, 4) is 6.07 Å². The van der Waals surface area contributed by atoms with Crippen molar-refractivity contribution in [1.29, 1.82) is 5.26 Å². The zero-order valence-corrected chi connectivity index (χ0v) is 11.9. The number of aromatic nitrogens is 1. The van der Waals surface area contributed by atoms with E-state index in [1.54, 1.807) is 0 Å². The Labute approximate surface area is 122 Å². The van der Waals surface area contributed by atoms with Crippen LogP contribution in [0, 0.1) is 18.3 Å². The number of morpholine rings is 1. The molecule has 1 aliphatic rings. The summed E-state index contributed by atoms with van der Waals surface area (Å²) in [5.74, 6) is 0.744. The van der Waals surface area contributed by atoms with Gasteiger partial charge in [0, 0.05) is 23.5 Å². The van der Waals surface area contributed by atoms with Gasteiger partial charge in [0.25, 0.3) is 0 Å². The summed E-state index contributed by atoms with van der Waals surface area (Å²) in [6.45, 7) is 4.85. The Morgan fingerprint density at radius 2 is 2.05 bits per heavy atom. The van der Waals surface area contributed by atoms with Gasteiger partial charge in [-0.25, -0.2) is 4.98 Å². The third kappa shape index (κ3) is 2.31. The Morgan fingerprint density at radius 3 is 2.75 bits per heavy atom. The van der Waals surface area contributed by atoms with E-state index in [4.69, 9.17) is 21.3 Å². The number of fused-ring (bicyclic) bond motifs is 1. The van der Waals surface area contributed by atoms with Gasteiger partial charge in [0.2, 0.25) is 0 Å². The topological polar surface area (TPSA) is 49.2 Å². The van der Waals surface area contributed by atoms with E-state index in [1.165, 1.54) is 0 Å². The molecule has 1 aliphatic heterocycles. The van der Waals surface area contributed by atoms with Crippen LogP contribution in [0.4, 0.5) is 5.82 Å². The number of hydrogen-bond donors (Lipinski definition) is 0. The highest BCUT2D eigenvalue weighted by Gasteiger charge is 2.18. The third-order valence-corrected chi connectivity index (χ3v) is 3.70. The van der Waals surface area contributed by atoms with E-state index in [1.807, 2.05) is 25.1 Å². The van der Waals surface area contributed by atoms with Crippen LogP contribution >= 0.6 is 11.6 Å². The molecule has 1 aromatic carbocycles. The monoisotopic (exact) mass is 287 g/mol. The van der Waals surface area contributed by atoms with E-state index >= 15 is 0 Å². The fraction of sp³-hybridized carbons (Fsp3) is 0.333. The van der Waals surface area contributed by atoms with Crippen LogP contribution in [-0.4, -0.2) is 31.3 Å². The highest BCUT2D eigenvalue weighted by atomic mass is 35.5. The second-order valence-electron chi connectivity index (χ2n) is 4.87. The van der Waals surface area contributed by atoms with Gasteiger partial charge < -0.3 is 9.64 Å². The van der Waals surface area contributed by atoms with Crippen LogP contribution in [0.3, 0.4) is 0 Å². The average Bonchev–Trinajstić information content (AvgIpc) is 2.46. The third-order valence-electron chi connectivity index (χ3n) is 3.48. The molecule has 5 heteroatoms. The van der Waals surface area contributed by atoms with Crippen LogP contribution in [0.25, 0.3) is 10.9 Å². The van der Waals surface area contributed by atoms with Crippen LogP contribution in [0.2, 0.25) is 5.02 Å². The Balaban J connectivity index is 2.18. The molecule has 1 aromatic heterocycles. The van der Waals surface area contributed by atoms with Crippen molar-refractivity contribution in [1.82, 2.24) is 4.98 Å². The van der Waals surface area contributed by atoms with Gasteiger partial charge in [0.15, 0.2) is 0 Å². The van der Waals surface area contributed by atoms with Gasteiger partial charge in [-0.2, -0.15) is 5.26 Å². The van der Waals surface area contributed by atoms with Crippen molar-refractivity contribution in [3.05, 3.63) is 34.3 Å². The number of benzene rings is 1. The summed E-state index contributed by atoms with van der Waals surface area (Å²) in [6.07, 6.45) is 0. The molecule has 102 valence electrons. The van der Waals surface area contributed by atoms with E-state index in [9.17, 15) is 5.26 Å². The number of nitriles is 1. The fourth-order valence-corrected chi connectivity index (χ4v) is 2.79. The largest absolute Gasteiger partial charge is 0.378 e. The van der Waals surface area contributed by atoms with Gasteiger partial charge in [0.05, 0.1) is 24.3 Å². The molecule has 3 rings (SSSR count). The smallest absolute Gasteiger partial charge is 0.147 e. The maximum Gasteiger partial charge on any atom is 0.147 e. The minimum absolute atomic E-state index is 0.584. The Kier molecular flexibility index (Phi) is 3.47. The highest BCUT2D eigenvalue weighted by Crippen LogP contribution is 2.28. The first-order valence-electron chi connectivity index (χ1n) is 6.53. The molecule has 0 saturated carbocycles. The molecule has 0 atom stereocenters. The minimum atomic E-state index is 0.584. The number of anilines is 1. The molecule has 1 saturated heterocycles. The molecule has 2 aromatic rings. The number of nitrogens with zero attached hydrogens (tertiary/aromatic N) is 3. The lowest BCUT2D eigenvalue weighted by atomic mass is 10.1. The van der Waals surface area contributed by atoms with Crippen LogP contribution in [0.1, 0.15) is 11.1 Å². The number of aryl methyl sites for hydroxylation is 1. The summed E-state index contributed by atoms with van der Waals surface area (Å²) < 4.78 is 5.35. The molecule has 0 unspecified atom stereocenters. The molecule has 0 N–H and O–H groups in total. The Bertz CT molecular complexity index is 702. The number of pyridine rings is 1. The van der Waals surface area contributed by atoms with Crippen molar-refractivity contribution < 1.29 is 4.74 Å². The Morgan fingerprint density at radius 1 is 1.30 bits per heavy atom. The first-order chi connectivity index (χ1) is 9.69. The van der Waals surface area contributed by atoms with Crippen LogP contribution in [0.5, 0.6) is 0 Å². The van der Waals surface area contributed by atoms with Gasteiger partial charge in [-0.15, -0.1) is 0 Å². The van der Waals surface area contributed by atoms with Crippen molar-refractivity contribution in [3.63, 3.8) is 0 Å². The first kappa shape index (κ1) is 13.2. The van der Waals surface area contributed by atoms with E-state index in [0.717, 1.165) is 35.4 Å². The van der Waals surface area contributed by atoms with Crippen molar-refractivity contribution in [2.75, 3.05) is 31.2 Å². The molecular formula is C15H14ClN3O. The lowest BCUT2D eigenvalue weighted by Crippen LogP contribution is -2.37. The van der Waals surface area contributed by atoms with Gasteiger partial charge in [-0.05, 0) is 30.7 Å². The predicted molar refractivity (Wildman–Crippen MR) is 79.2 cm³/mol. The molecule has 1 fully saturated rings. The zero-order valence-electron chi connectivity index (χ0n) is 11.2. The molecule has 0 aliphatic carbocycles. The van der Waals surface area contributed by atoms with Gasteiger partial charge >= 0.3 is 0 Å². The molecule has 0 radical (unpaired) electrons. The number of hydrogen-bond acceptors (Lipinski definition) is 4. The van der Waals surface area contributed by atoms with E-state index < -0.39 is 0 Å². The summed E-state index contributed by atoms with van der Waals surface area (Å²) in [5, 5.41) is 10.9. The van der Waals surface area contributed by atoms with Crippen molar-refractivity contribution in [2.45, 2.75) is 6.92 Å². The molecular weight excluding hydrogens is 274 g/mol. The summed E-state index contributed by atoms with van der Waals surface area (Å²) in [6, 6.07) is 7.85. The SMILES string of the molecule is Cc1cc(Cl)cc2cc(C#N)c(N3CCOCC3)nc12. The molecule has 0 bridgehead atoms. The van der Waals surface area contributed by atoms with Crippen molar-refractivity contribution in [2.24, 2.45) is 0 Å². The lowest BCUT2D eigenvalue weighted by Gasteiger charge is -2.28. The molecule has 2 heterocycles. The highest BCUT2D eigenvalue weighted by molar-refractivity contribution is 6.31. The fourth-order valence-electron chi connectivity index (χ4n) is 2.51. The molecule has 0 amide bonds. The molecule has 0 spiro atoms. The summed E-state index contributed by atoms with van der Waals surface area (Å²) in [5.41, 5.74) is 2.50. The summed E-state index contributed by atoms with van der Waals surface area (Å²) >= 11 is 6.07. The predicted octanol–water partition coefficient (Wildman–Crippen LogP) is 2.90. The maximum absolute atomic E-state index is 9.37. The van der Waals surface area contributed by atoms with Gasteiger partial charge in [0.1, 0.15) is 11.9 Å². The minimum Gasteiger partial charge on any atom is -0.378 e. The van der Waals surface area contributed by atoms with Gasteiger partial charge in [-0.1, -0.05) is 11.6 Å². The number of ether oxygens (including phenoxy) is 1. The quantitative estimate of drug-likeness (QED) is 0.809. The van der Waals surface area contributed by atoms with Crippen LogP contribution in [0.15, 0.2) is 18.2 Å². The first-order valence-corrected chi connectivity index (χ1v) is 6.90. The molecule has 20 heavy (non-hydrogen) atoms. The standard InChI is InChI=1S/C15H14ClN3O/c1-10-6-13(16)8-11-7-12(9-17)15(18-14(10)11)19-2-4-20-5-3-19/h6-8H,2-5H2,1H3.